The molecule has 0 radical (unpaired) electrons. The maximum Gasteiger partial charge on any atom is 0.416 e. The standard InChI is InChI=1S/C13H15FN4O4/c1-6-12(16-7(2)19)22-13(21)18(6)8-3-4-9(10(14)5-8)11(20)17-15/h3-6,12H,15H2,1-2H3,(H,16,19)(H,17,20)/t6?,12-/m0/s1. The van der Waals surface area contributed by atoms with Gasteiger partial charge in [0.2, 0.25) is 5.91 Å². The first-order chi connectivity index (χ1) is 10.3. The van der Waals surface area contributed by atoms with Crippen molar-refractivity contribution >= 4 is 23.6 Å². The van der Waals surface area contributed by atoms with E-state index in [0.717, 1.165) is 6.07 Å². The van der Waals surface area contributed by atoms with E-state index >= 15 is 0 Å². The third-order valence-electron chi connectivity index (χ3n) is 3.22. The van der Waals surface area contributed by atoms with Crippen molar-refractivity contribution < 1.29 is 23.5 Å². The van der Waals surface area contributed by atoms with Crippen LogP contribution >= 0.6 is 0 Å². The molecule has 1 aromatic carbocycles. The van der Waals surface area contributed by atoms with E-state index in [-0.39, 0.29) is 17.2 Å². The van der Waals surface area contributed by atoms with E-state index < -0.39 is 30.1 Å². The van der Waals surface area contributed by atoms with Crippen molar-refractivity contribution in [3.63, 3.8) is 0 Å². The van der Waals surface area contributed by atoms with Gasteiger partial charge in [-0.1, -0.05) is 0 Å². The van der Waals surface area contributed by atoms with Gasteiger partial charge < -0.3 is 10.1 Å². The molecule has 1 aliphatic heterocycles. The molecule has 0 aromatic heterocycles. The van der Waals surface area contributed by atoms with E-state index in [4.69, 9.17) is 10.6 Å². The summed E-state index contributed by atoms with van der Waals surface area (Å²) in [5, 5.41) is 2.48. The van der Waals surface area contributed by atoms with Crippen molar-refractivity contribution in [1.29, 1.82) is 0 Å². The molecule has 22 heavy (non-hydrogen) atoms. The average molecular weight is 310 g/mol. The van der Waals surface area contributed by atoms with E-state index in [0.29, 0.717) is 0 Å². The smallest absolute Gasteiger partial charge is 0.416 e. The fourth-order valence-electron chi connectivity index (χ4n) is 2.17. The Kier molecular flexibility index (Phi) is 4.27. The Morgan fingerprint density at radius 1 is 1.41 bits per heavy atom. The minimum Gasteiger partial charge on any atom is -0.423 e. The van der Waals surface area contributed by atoms with Crippen LogP contribution in [-0.4, -0.2) is 30.2 Å². The SMILES string of the molecule is CC(=O)N[C@H]1OC(=O)N(c2ccc(C(=O)NN)c(F)c2)C1C. The summed E-state index contributed by atoms with van der Waals surface area (Å²) in [6.45, 7) is 2.94. The predicted molar refractivity (Wildman–Crippen MR) is 74.1 cm³/mol. The lowest BCUT2D eigenvalue weighted by Crippen LogP contribution is -2.43. The molecule has 1 saturated heterocycles. The van der Waals surface area contributed by atoms with Crippen LogP contribution in [0.3, 0.4) is 0 Å². The van der Waals surface area contributed by atoms with Crippen molar-refractivity contribution in [2.45, 2.75) is 26.1 Å². The first-order valence-corrected chi connectivity index (χ1v) is 6.42. The highest BCUT2D eigenvalue weighted by atomic mass is 19.1. The van der Waals surface area contributed by atoms with Gasteiger partial charge >= 0.3 is 6.09 Å². The lowest BCUT2D eigenvalue weighted by atomic mass is 10.1. The van der Waals surface area contributed by atoms with Crippen molar-refractivity contribution in [3.8, 4) is 0 Å². The summed E-state index contributed by atoms with van der Waals surface area (Å²) in [6, 6.07) is 3.09. The summed E-state index contributed by atoms with van der Waals surface area (Å²) in [5.41, 5.74) is 1.79. The second kappa shape index (κ2) is 5.98. The number of hydrazine groups is 1. The first-order valence-electron chi connectivity index (χ1n) is 6.42. The van der Waals surface area contributed by atoms with Crippen LogP contribution in [0.25, 0.3) is 0 Å². The molecule has 4 N–H and O–H groups in total. The summed E-state index contributed by atoms with van der Waals surface area (Å²) in [4.78, 5) is 35.5. The number of nitrogens with two attached hydrogens (primary N) is 1. The highest BCUT2D eigenvalue weighted by Gasteiger charge is 2.40. The average Bonchev–Trinajstić information content (AvgIpc) is 2.71. The largest absolute Gasteiger partial charge is 0.423 e. The zero-order valence-corrected chi connectivity index (χ0v) is 11.9. The van der Waals surface area contributed by atoms with E-state index in [1.807, 2.05) is 5.43 Å². The van der Waals surface area contributed by atoms with Gasteiger partial charge in [0, 0.05) is 6.92 Å². The molecule has 0 saturated carbocycles. The third-order valence-corrected chi connectivity index (χ3v) is 3.22. The summed E-state index contributed by atoms with van der Waals surface area (Å²) in [7, 11) is 0. The van der Waals surface area contributed by atoms with Crippen LogP contribution in [0.4, 0.5) is 14.9 Å². The van der Waals surface area contributed by atoms with Gasteiger partial charge in [0.1, 0.15) is 5.82 Å². The van der Waals surface area contributed by atoms with Gasteiger partial charge in [0.25, 0.3) is 5.91 Å². The monoisotopic (exact) mass is 310 g/mol. The number of benzene rings is 1. The molecule has 0 spiro atoms. The first kappa shape index (κ1) is 15.7. The van der Waals surface area contributed by atoms with Gasteiger partial charge in [-0.2, -0.15) is 0 Å². The van der Waals surface area contributed by atoms with Crippen LogP contribution in [0.15, 0.2) is 18.2 Å². The van der Waals surface area contributed by atoms with Crippen LogP contribution in [0.2, 0.25) is 0 Å². The summed E-state index contributed by atoms with van der Waals surface area (Å²) in [5.74, 6) is 2.99. The Morgan fingerprint density at radius 2 is 2.09 bits per heavy atom. The predicted octanol–water partition coefficient (Wildman–Crippen LogP) is 0.236. The van der Waals surface area contributed by atoms with Gasteiger partial charge in [0.05, 0.1) is 17.3 Å². The maximum absolute atomic E-state index is 13.9. The number of nitrogens with one attached hydrogen (secondary N) is 2. The quantitative estimate of drug-likeness (QED) is 0.420. The molecule has 1 fully saturated rings. The molecular formula is C13H15FN4O4. The van der Waals surface area contributed by atoms with E-state index in [2.05, 4.69) is 5.32 Å². The van der Waals surface area contributed by atoms with Crippen molar-refractivity contribution in [2.24, 2.45) is 5.84 Å². The lowest BCUT2D eigenvalue weighted by Gasteiger charge is -2.21. The zero-order valence-electron chi connectivity index (χ0n) is 11.9. The Balaban J connectivity index is 2.28. The number of rotatable bonds is 3. The van der Waals surface area contributed by atoms with Crippen molar-refractivity contribution in [1.82, 2.24) is 10.7 Å². The van der Waals surface area contributed by atoms with Gasteiger partial charge in [-0.05, 0) is 25.1 Å². The van der Waals surface area contributed by atoms with Crippen LogP contribution in [0, 0.1) is 5.82 Å². The van der Waals surface area contributed by atoms with Gasteiger partial charge in [-0.3, -0.25) is 19.9 Å². The molecule has 118 valence electrons. The van der Waals surface area contributed by atoms with E-state index in [9.17, 15) is 18.8 Å². The molecule has 0 aliphatic carbocycles. The van der Waals surface area contributed by atoms with Gasteiger partial charge in [-0.25, -0.2) is 15.0 Å². The van der Waals surface area contributed by atoms with Crippen LogP contribution < -0.4 is 21.5 Å². The summed E-state index contributed by atoms with van der Waals surface area (Å²) >= 11 is 0. The second-order valence-electron chi connectivity index (χ2n) is 4.75. The molecule has 1 aromatic rings. The maximum atomic E-state index is 13.9. The number of nitrogens with zero attached hydrogens (tertiary/aromatic N) is 1. The molecule has 2 atom stereocenters. The Labute approximate surface area is 125 Å². The van der Waals surface area contributed by atoms with Crippen LogP contribution in [0.5, 0.6) is 0 Å². The summed E-state index contributed by atoms with van der Waals surface area (Å²) < 4.78 is 19.0. The van der Waals surface area contributed by atoms with Crippen LogP contribution in [0.1, 0.15) is 24.2 Å². The fourth-order valence-corrected chi connectivity index (χ4v) is 2.17. The summed E-state index contributed by atoms with van der Waals surface area (Å²) in [6.07, 6.45) is -1.55. The number of amides is 3. The van der Waals surface area contributed by atoms with Crippen LogP contribution in [-0.2, 0) is 9.53 Å². The Hall–Kier alpha value is -2.68. The number of anilines is 1. The minimum atomic E-state index is -0.833. The molecule has 0 bridgehead atoms. The number of cyclic esters (lactones) is 1. The molecular weight excluding hydrogens is 295 g/mol. The molecule has 1 unspecified atom stereocenters. The normalized spacial score (nSPS) is 20.5. The minimum absolute atomic E-state index is 0.205. The van der Waals surface area contributed by atoms with E-state index in [1.165, 1.54) is 24.0 Å². The van der Waals surface area contributed by atoms with Crippen molar-refractivity contribution in [2.75, 3.05) is 4.90 Å². The molecule has 3 amide bonds. The topological polar surface area (TPSA) is 114 Å². The van der Waals surface area contributed by atoms with Crippen molar-refractivity contribution in [3.05, 3.63) is 29.6 Å². The molecule has 8 nitrogen and oxygen atoms in total. The number of hydrogen-bond acceptors (Lipinski definition) is 5. The molecule has 9 heteroatoms. The third kappa shape index (κ3) is 2.84. The number of ether oxygens (including phenoxy) is 1. The number of hydrogen-bond donors (Lipinski definition) is 3. The van der Waals surface area contributed by atoms with Gasteiger partial charge in [0.15, 0.2) is 6.23 Å². The molecule has 2 rings (SSSR count). The Morgan fingerprint density at radius 3 is 2.64 bits per heavy atom. The highest BCUT2D eigenvalue weighted by molar-refractivity contribution is 5.96. The Bertz CT molecular complexity index is 636. The van der Waals surface area contributed by atoms with Gasteiger partial charge in [-0.15, -0.1) is 0 Å². The number of nitrogen functional groups attached to an aromatic ring is 1. The number of carbonyl (C=O) groups excluding carboxylic acids is 3. The number of carbonyl (C=O) groups is 3. The second-order valence-corrected chi connectivity index (χ2v) is 4.75. The lowest BCUT2D eigenvalue weighted by molar-refractivity contribution is -0.121. The molecule has 1 heterocycles. The van der Waals surface area contributed by atoms with E-state index in [1.54, 1.807) is 6.92 Å². The fraction of sp³-hybridized carbons (Fsp3) is 0.308. The highest BCUT2D eigenvalue weighted by Crippen LogP contribution is 2.27. The molecule has 1 aliphatic rings. The zero-order chi connectivity index (χ0) is 16.4. The number of halogens is 1.